The lowest BCUT2D eigenvalue weighted by Gasteiger charge is -2.06. The number of aryl methyl sites for hydroxylation is 1. The lowest BCUT2D eigenvalue weighted by Crippen LogP contribution is -2.22. The molecule has 0 saturated heterocycles. The number of alkyl halides is 1. The van der Waals surface area contributed by atoms with E-state index in [9.17, 15) is 9.18 Å². The van der Waals surface area contributed by atoms with Gasteiger partial charge in [0.25, 0.3) is 5.91 Å². The Morgan fingerprint density at radius 1 is 1.25 bits per heavy atom. The molecule has 0 radical (unpaired) electrons. The Hall–Kier alpha value is -2.11. The number of hydrogen-bond donors (Lipinski definition) is 1. The summed E-state index contributed by atoms with van der Waals surface area (Å²) in [6.45, 7) is 1.46. The molecule has 124 valence electrons. The van der Waals surface area contributed by atoms with Crippen LogP contribution < -0.4 is 10.1 Å². The number of halogens is 2. The van der Waals surface area contributed by atoms with Crippen LogP contribution in [-0.2, 0) is 6.54 Å². The van der Waals surface area contributed by atoms with Crippen LogP contribution in [0.15, 0.2) is 42.5 Å². The molecule has 0 aliphatic rings. The van der Waals surface area contributed by atoms with E-state index in [4.69, 9.17) is 16.3 Å². The highest BCUT2D eigenvalue weighted by Crippen LogP contribution is 2.32. The van der Waals surface area contributed by atoms with Crippen LogP contribution in [-0.4, -0.2) is 12.8 Å². The first kappa shape index (κ1) is 16.7. The zero-order valence-corrected chi connectivity index (χ0v) is 14.5. The van der Waals surface area contributed by atoms with E-state index in [1.165, 1.54) is 11.3 Å². The molecule has 3 rings (SSSR count). The number of benzene rings is 2. The summed E-state index contributed by atoms with van der Waals surface area (Å²) < 4.78 is 17.9. The van der Waals surface area contributed by atoms with Crippen molar-refractivity contribution in [2.75, 3.05) is 6.86 Å². The normalized spacial score (nSPS) is 10.8. The van der Waals surface area contributed by atoms with Crippen LogP contribution in [0.25, 0.3) is 10.1 Å². The maximum atomic E-state index is 12.5. The molecule has 1 amide bonds. The summed E-state index contributed by atoms with van der Waals surface area (Å²) in [4.78, 5) is 13.1. The van der Waals surface area contributed by atoms with E-state index in [2.05, 4.69) is 5.32 Å². The summed E-state index contributed by atoms with van der Waals surface area (Å²) in [7, 11) is 0. The molecule has 1 aromatic heterocycles. The quantitative estimate of drug-likeness (QED) is 0.685. The van der Waals surface area contributed by atoms with E-state index < -0.39 is 6.86 Å². The number of carbonyl (C=O) groups excluding carboxylic acids is 1. The predicted molar refractivity (Wildman–Crippen MR) is 95.8 cm³/mol. The molecule has 3 nitrogen and oxygen atoms in total. The number of thiophene rings is 1. The van der Waals surface area contributed by atoms with Gasteiger partial charge in [-0.2, -0.15) is 0 Å². The summed E-state index contributed by atoms with van der Waals surface area (Å²) in [6, 6.07) is 12.6. The Bertz CT molecular complexity index is 877. The third-order valence-electron chi connectivity index (χ3n) is 3.70. The SMILES string of the molecule is Cc1c(C(=O)NCc2ccc(OCF)cc2)sc2ccc(Cl)cc12. The number of hydrogen-bond acceptors (Lipinski definition) is 3. The van der Waals surface area contributed by atoms with Crippen molar-refractivity contribution < 1.29 is 13.9 Å². The fraction of sp³-hybridized carbons (Fsp3) is 0.167. The standard InChI is InChI=1S/C18H15ClFNO2S/c1-11-15-8-13(19)4-7-16(15)24-17(11)18(22)21-9-12-2-5-14(6-3-12)23-10-20/h2-8H,9-10H2,1H3,(H,21,22). The fourth-order valence-electron chi connectivity index (χ4n) is 2.44. The van der Waals surface area contributed by atoms with Crippen molar-refractivity contribution in [3.05, 3.63) is 63.5 Å². The van der Waals surface area contributed by atoms with Gasteiger partial charge in [-0.1, -0.05) is 23.7 Å². The smallest absolute Gasteiger partial charge is 0.261 e. The van der Waals surface area contributed by atoms with Crippen molar-refractivity contribution >= 4 is 38.9 Å². The van der Waals surface area contributed by atoms with Crippen molar-refractivity contribution in [3.8, 4) is 5.75 Å². The van der Waals surface area contributed by atoms with Gasteiger partial charge >= 0.3 is 0 Å². The first-order valence-corrected chi connectivity index (χ1v) is 8.52. The molecule has 0 aliphatic carbocycles. The molecule has 2 aromatic carbocycles. The lowest BCUT2D eigenvalue weighted by molar-refractivity contribution is 0.0954. The Morgan fingerprint density at radius 2 is 2.00 bits per heavy atom. The van der Waals surface area contributed by atoms with E-state index in [0.29, 0.717) is 22.2 Å². The van der Waals surface area contributed by atoms with Gasteiger partial charge in [0.2, 0.25) is 6.86 Å². The molecule has 0 spiro atoms. The van der Waals surface area contributed by atoms with Crippen LogP contribution in [0.4, 0.5) is 4.39 Å². The largest absolute Gasteiger partial charge is 0.463 e. The predicted octanol–water partition coefficient (Wildman–Crippen LogP) is 5.10. The zero-order valence-electron chi connectivity index (χ0n) is 12.9. The van der Waals surface area contributed by atoms with Crippen LogP contribution in [0.3, 0.4) is 0 Å². The average molecular weight is 364 g/mol. The second kappa shape index (κ2) is 7.20. The summed E-state index contributed by atoms with van der Waals surface area (Å²) >= 11 is 7.48. The molecule has 24 heavy (non-hydrogen) atoms. The Labute approximate surface area is 148 Å². The van der Waals surface area contributed by atoms with Crippen molar-refractivity contribution in [2.24, 2.45) is 0 Å². The number of carbonyl (C=O) groups is 1. The van der Waals surface area contributed by atoms with Gasteiger partial charge in [-0.3, -0.25) is 4.79 Å². The van der Waals surface area contributed by atoms with E-state index in [-0.39, 0.29) is 5.91 Å². The molecule has 0 saturated carbocycles. The second-order valence-corrected chi connectivity index (χ2v) is 6.77. The second-order valence-electron chi connectivity index (χ2n) is 5.28. The molecule has 0 bridgehead atoms. The van der Waals surface area contributed by atoms with E-state index >= 15 is 0 Å². The van der Waals surface area contributed by atoms with Crippen molar-refractivity contribution in [2.45, 2.75) is 13.5 Å². The summed E-state index contributed by atoms with van der Waals surface area (Å²) in [5.74, 6) is 0.346. The Balaban J connectivity index is 1.72. The average Bonchev–Trinajstić information content (AvgIpc) is 2.91. The fourth-order valence-corrected chi connectivity index (χ4v) is 3.72. The third kappa shape index (κ3) is 3.52. The van der Waals surface area contributed by atoms with E-state index in [0.717, 1.165) is 21.2 Å². The summed E-state index contributed by atoms with van der Waals surface area (Å²) in [6.07, 6.45) is 0. The van der Waals surface area contributed by atoms with Crippen LogP contribution >= 0.6 is 22.9 Å². The van der Waals surface area contributed by atoms with Crippen LogP contribution in [0.2, 0.25) is 5.02 Å². The highest BCUT2D eigenvalue weighted by atomic mass is 35.5. The monoisotopic (exact) mass is 363 g/mol. The number of rotatable bonds is 5. The number of nitrogens with one attached hydrogen (secondary N) is 1. The molecule has 6 heteroatoms. The molecular formula is C18H15ClFNO2S. The first-order chi connectivity index (χ1) is 11.6. The molecule has 3 aromatic rings. The van der Waals surface area contributed by atoms with Gasteiger partial charge in [-0.05, 0) is 53.8 Å². The minimum atomic E-state index is -0.856. The molecular weight excluding hydrogens is 349 g/mol. The minimum absolute atomic E-state index is 0.117. The van der Waals surface area contributed by atoms with Gasteiger partial charge in [0, 0.05) is 16.3 Å². The topological polar surface area (TPSA) is 38.3 Å². The molecule has 0 atom stereocenters. The highest BCUT2D eigenvalue weighted by Gasteiger charge is 2.15. The van der Waals surface area contributed by atoms with Crippen molar-refractivity contribution in [3.63, 3.8) is 0 Å². The third-order valence-corrected chi connectivity index (χ3v) is 5.21. The van der Waals surface area contributed by atoms with Crippen LogP contribution in [0.1, 0.15) is 20.8 Å². The van der Waals surface area contributed by atoms with Gasteiger partial charge in [-0.15, -0.1) is 11.3 Å². The van der Waals surface area contributed by atoms with Gasteiger partial charge in [-0.25, -0.2) is 4.39 Å². The maximum absolute atomic E-state index is 12.5. The zero-order chi connectivity index (χ0) is 17.1. The highest BCUT2D eigenvalue weighted by molar-refractivity contribution is 7.21. The number of fused-ring (bicyclic) bond motifs is 1. The molecule has 0 unspecified atom stereocenters. The van der Waals surface area contributed by atoms with Crippen LogP contribution in [0, 0.1) is 6.92 Å². The number of amides is 1. The molecule has 0 aliphatic heterocycles. The lowest BCUT2D eigenvalue weighted by atomic mass is 10.1. The maximum Gasteiger partial charge on any atom is 0.261 e. The molecule has 1 heterocycles. The molecule has 0 fully saturated rings. The van der Waals surface area contributed by atoms with Crippen LogP contribution in [0.5, 0.6) is 5.75 Å². The number of ether oxygens (including phenoxy) is 1. The van der Waals surface area contributed by atoms with E-state index in [1.807, 2.05) is 25.1 Å². The van der Waals surface area contributed by atoms with Gasteiger partial charge in [0.15, 0.2) is 0 Å². The first-order valence-electron chi connectivity index (χ1n) is 7.33. The van der Waals surface area contributed by atoms with Gasteiger partial charge in [0.1, 0.15) is 5.75 Å². The molecule has 1 N–H and O–H groups in total. The minimum Gasteiger partial charge on any atom is -0.463 e. The van der Waals surface area contributed by atoms with Gasteiger partial charge in [0.05, 0.1) is 4.88 Å². The summed E-state index contributed by atoms with van der Waals surface area (Å²) in [5, 5.41) is 4.57. The Morgan fingerprint density at radius 3 is 2.71 bits per heavy atom. The van der Waals surface area contributed by atoms with Crippen molar-refractivity contribution in [1.82, 2.24) is 5.32 Å². The van der Waals surface area contributed by atoms with Crippen molar-refractivity contribution in [1.29, 1.82) is 0 Å². The Kier molecular flexibility index (Phi) is 5.02. The summed E-state index contributed by atoms with van der Waals surface area (Å²) in [5.41, 5.74) is 1.85. The van der Waals surface area contributed by atoms with Gasteiger partial charge < -0.3 is 10.1 Å². The van der Waals surface area contributed by atoms with E-state index in [1.54, 1.807) is 24.3 Å².